The quantitative estimate of drug-likeness (QED) is 0.773. The van der Waals surface area contributed by atoms with Gasteiger partial charge in [-0.15, -0.1) is 0 Å². The van der Waals surface area contributed by atoms with Gasteiger partial charge in [-0.1, -0.05) is 18.2 Å². The van der Waals surface area contributed by atoms with Crippen LogP contribution in [0.25, 0.3) is 0 Å². The highest BCUT2D eigenvalue weighted by Gasteiger charge is 2.43. The molecule has 0 bridgehead atoms. The average Bonchev–Trinajstić information content (AvgIpc) is 2.27. The number of rotatable bonds is 1. The van der Waals surface area contributed by atoms with Gasteiger partial charge >= 0.3 is 5.97 Å². The van der Waals surface area contributed by atoms with E-state index in [-0.39, 0.29) is 0 Å². The minimum absolute atomic E-state index is 0.397. The van der Waals surface area contributed by atoms with E-state index >= 15 is 0 Å². The van der Waals surface area contributed by atoms with Crippen molar-refractivity contribution in [1.82, 2.24) is 0 Å². The molecule has 0 spiro atoms. The smallest absolute Gasteiger partial charge is 0.331 e. The second-order valence-corrected chi connectivity index (χ2v) is 5.57. The van der Waals surface area contributed by atoms with Crippen molar-refractivity contribution in [3.05, 3.63) is 29.8 Å². The van der Waals surface area contributed by atoms with Crippen LogP contribution in [0.1, 0.15) is 32.8 Å². The van der Waals surface area contributed by atoms with Gasteiger partial charge in [0.15, 0.2) is 0 Å². The largest absolute Gasteiger partial charge is 0.493 e. The van der Waals surface area contributed by atoms with Crippen LogP contribution in [0.4, 0.5) is 0 Å². The van der Waals surface area contributed by atoms with Crippen molar-refractivity contribution in [1.29, 1.82) is 0 Å². The number of fused-ring (bicyclic) bond motifs is 1. The van der Waals surface area contributed by atoms with E-state index in [9.17, 15) is 4.79 Å². The zero-order valence-electron chi connectivity index (χ0n) is 11.0. The Kier molecular flexibility index (Phi) is 3.07. The normalized spacial score (nSPS) is 22.9. The molecular formula is C14H19NO3. The number of para-hydroxylation sites is 1. The minimum atomic E-state index is -1.11. The Bertz CT molecular complexity index is 464. The van der Waals surface area contributed by atoms with E-state index in [1.54, 1.807) is 0 Å². The lowest BCUT2D eigenvalue weighted by Crippen LogP contribution is -2.51. The summed E-state index contributed by atoms with van der Waals surface area (Å²) in [4.78, 5) is 12.3. The van der Waals surface area contributed by atoms with Crippen LogP contribution >= 0.6 is 0 Å². The molecule has 0 fully saturated rings. The Hall–Kier alpha value is -1.55. The molecule has 4 nitrogen and oxygen atoms in total. The molecule has 1 heterocycles. The molecule has 2 N–H and O–H groups in total. The fraction of sp³-hybridized carbons (Fsp3) is 0.500. The van der Waals surface area contributed by atoms with E-state index in [0.717, 1.165) is 0 Å². The lowest BCUT2D eigenvalue weighted by Gasteiger charge is -2.35. The van der Waals surface area contributed by atoms with Gasteiger partial charge in [-0.2, -0.15) is 0 Å². The second kappa shape index (κ2) is 4.28. The molecule has 0 saturated carbocycles. The van der Waals surface area contributed by atoms with Gasteiger partial charge in [0.05, 0.1) is 6.61 Å². The van der Waals surface area contributed by atoms with Crippen LogP contribution in [-0.4, -0.2) is 18.2 Å². The van der Waals surface area contributed by atoms with Crippen molar-refractivity contribution in [3.8, 4) is 5.75 Å². The van der Waals surface area contributed by atoms with E-state index in [0.29, 0.717) is 24.3 Å². The highest BCUT2D eigenvalue weighted by molar-refractivity contribution is 5.84. The summed E-state index contributed by atoms with van der Waals surface area (Å²) < 4.78 is 10.9. The second-order valence-electron chi connectivity index (χ2n) is 5.57. The van der Waals surface area contributed by atoms with Crippen LogP contribution in [0.3, 0.4) is 0 Å². The molecule has 1 aromatic rings. The van der Waals surface area contributed by atoms with Crippen molar-refractivity contribution in [2.45, 2.75) is 38.3 Å². The third-order valence-corrected chi connectivity index (χ3v) is 2.88. The Labute approximate surface area is 107 Å². The Morgan fingerprint density at radius 1 is 1.39 bits per heavy atom. The summed E-state index contributed by atoms with van der Waals surface area (Å²) in [6, 6.07) is 7.35. The number of carbonyl (C=O) groups is 1. The van der Waals surface area contributed by atoms with E-state index in [1.807, 2.05) is 45.0 Å². The third-order valence-electron chi connectivity index (χ3n) is 2.88. The average molecular weight is 249 g/mol. The molecule has 1 aromatic carbocycles. The first-order chi connectivity index (χ1) is 8.33. The maximum absolute atomic E-state index is 12.3. The molecule has 18 heavy (non-hydrogen) atoms. The lowest BCUT2D eigenvalue weighted by atomic mass is 9.85. The van der Waals surface area contributed by atoms with Crippen LogP contribution < -0.4 is 10.5 Å². The molecular weight excluding hydrogens is 230 g/mol. The number of hydrogen-bond acceptors (Lipinski definition) is 4. The van der Waals surface area contributed by atoms with Crippen molar-refractivity contribution in [2.75, 3.05) is 6.61 Å². The van der Waals surface area contributed by atoms with E-state index in [2.05, 4.69) is 0 Å². The number of esters is 1. The monoisotopic (exact) mass is 249 g/mol. The molecule has 0 saturated heterocycles. The van der Waals surface area contributed by atoms with Gasteiger partial charge in [-0.05, 0) is 26.8 Å². The van der Waals surface area contributed by atoms with Crippen LogP contribution in [0.5, 0.6) is 5.75 Å². The van der Waals surface area contributed by atoms with Gasteiger partial charge in [0.2, 0.25) is 0 Å². The van der Waals surface area contributed by atoms with Gasteiger partial charge < -0.3 is 15.2 Å². The molecule has 1 aliphatic rings. The first kappa shape index (κ1) is 12.9. The zero-order valence-corrected chi connectivity index (χ0v) is 11.0. The van der Waals surface area contributed by atoms with Crippen molar-refractivity contribution >= 4 is 5.97 Å². The molecule has 0 aliphatic carbocycles. The summed E-state index contributed by atoms with van der Waals surface area (Å²) in [7, 11) is 0. The first-order valence-electron chi connectivity index (χ1n) is 6.07. The Morgan fingerprint density at radius 3 is 2.72 bits per heavy atom. The van der Waals surface area contributed by atoms with Gasteiger partial charge in [0.25, 0.3) is 0 Å². The van der Waals surface area contributed by atoms with E-state index in [1.165, 1.54) is 0 Å². The minimum Gasteiger partial charge on any atom is -0.493 e. The fourth-order valence-electron chi connectivity index (χ4n) is 2.00. The summed E-state index contributed by atoms with van der Waals surface area (Å²) in [5.74, 6) is 0.267. The highest BCUT2D eigenvalue weighted by atomic mass is 16.6. The molecule has 0 aromatic heterocycles. The van der Waals surface area contributed by atoms with Crippen LogP contribution in [0, 0.1) is 0 Å². The summed E-state index contributed by atoms with van der Waals surface area (Å²) >= 11 is 0. The molecule has 1 atom stereocenters. The summed E-state index contributed by atoms with van der Waals surface area (Å²) in [6.45, 7) is 5.92. The van der Waals surface area contributed by atoms with Crippen molar-refractivity contribution in [3.63, 3.8) is 0 Å². The van der Waals surface area contributed by atoms with Crippen LogP contribution in [-0.2, 0) is 15.1 Å². The number of benzene rings is 1. The number of hydrogen-bond donors (Lipinski definition) is 1. The summed E-state index contributed by atoms with van der Waals surface area (Å²) in [5.41, 5.74) is 5.31. The molecule has 4 heteroatoms. The zero-order chi connectivity index (χ0) is 13.4. The van der Waals surface area contributed by atoms with Gasteiger partial charge in [-0.3, -0.25) is 0 Å². The predicted molar refractivity (Wildman–Crippen MR) is 68.3 cm³/mol. The van der Waals surface area contributed by atoms with Crippen LogP contribution in [0.15, 0.2) is 24.3 Å². The van der Waals surface area contributed by atoms with Crippen LogP contribution in [0.2, 0.25) is 0 Å². The lowest BCUT2D eigenvalue weighted by molar-refractivity contribution is -0.163. The van der Waals surface area contributed by atoms with Gasteiger partial charge in [0.1, 0.15) is 16.9 Å². The van der Waals surface area contributed by atoms with E-state index in [4.69, 9.17) is 15.2 Å². The predicted octanol–water partition coefficient (Wildman–Crippen LogP) is 1.96. The standard InChI is InChI=1S/C14H19NO3/c1-13(2,3)18-12(16)14(15)8-9-17-11-7-5-4-6-10(11)14/h4-7H,8-9,15H2,1-3H3. The first-order valence-corrected chi connectivity index (χ1v) is 6.07. The molecule has 2 rings (SSSR count). The molecule has 98 valence electrons. The maximum Gasteiger partial charge on any atom is 0.331 e. The topological polar surface area (TPSA) is 61.5 Å². The maximum atomic E-state index is 12.3. The fourth-order valence-corrected chi connectivity index (χ4v) is 2.00. The molecule has 1 aliphatic heterocycles. The molecule has 0 radical (unpaired) electrons. The third kappa shape index (κ3) is 2.34. The summed E-state index contributed by atoms with van der Waals surface area (Å²) in [6.07, 6.45) is 0.429. The SMILES string of the molecule is CC(C)(C)OC(=O)C1(N)CCOc2ccccc21. The number of carbonyl (C=O) groups excluding carboxylic acids is 1. The van der Waals surface area contributed by atoms with Crippen molar-refractivity contribution < 1.29 is 14.3 Å². The van der Waals surface area contributed by atoms with E-state index < -0.39 is 17.1 Å². The van der Waals surface area contributed by atoms with Crippen molar-refractivity contribution in [2.24, 2.45) is 5.73 Å². The number of nitrogens with two attached hydrogens (primary N) is 1. The highest BCUT2D eigenvalue weighted by Crippen LogP contribution is 2.36. The summed E-state index contributed by atoms with van der Waals surface area (Å²) in [5, 5.41) is 0. The molecule has 1 unspecified atom stereocenters. The molecule has 0 amide bonds. The van der Waals surface area contributed by atoms with Gasteiger partial charge in [-0.25, -0.2) is 4.79 Å². The number of ether oxygens (including phenoxy) is 2. The Balaban J connectivity index is 2.35. The van der Waals surface area contributed by atoms with Gasteiger partial charge in [0, 0.05) is 12.0 Å². The Morgan fingerprint density at radius 2 is 2.06 bits per heavy atom.